The molecule has 0 saturated carbocycles. The minimum atomic E-state index is -0.0381. The molecule has 0 amide bonds. The summed E-state index contributed by atoms with van der Waals surface area (Å²) in [4.78, 5) is 11.2. The number of carbonyl (C=O) groups excluding carboxylic acids is 1. The van der Waals surface area contributed by atoms with Crippen molar-refractivity contribution in [2.75, 3.05) is 6.61 Å². The molecule has 1 heterocycles. The minimum absolute atomic E-state index is 0.0381. The maximum atomic E-state index is 11.2. The smallest absolute Gasteiger partial charge is 0.309 e. The van der Waals surface area contributed by atoms with Crippen LogP contribution >= 0.6 is 0 Å². The standard InChI is InChI=1S/C11H12O2/c12-11-10(6-7-13-11)8-9-4-2-1-3-5-9/h1-5,10H,6-8H2. The second-order valence-corrected chi connectivity index (χ2v) is 3.34. The maximum absolute atomic E-state index is 11.2. The molecule has 1 atom stereocenters. The molecule has 2 rings (SSSR count). The fourth-order valence-corrected chi connectivity index (χ4v) is 1.62. The Morgan fingerprint density at radius 1 is 1.31 bits per heavy atom. The monoisotopic (exact) mass is 176 g/mol. The number of hydrogen-bond donors (Lipinski definition) is 0. The van der Waals surface area contributed by atoms with E-state index in [-0.39, 0.29) is 11.9 Å². The van der Waals surface area contributed by atoms with Crippen LogP contribution < -0.4 is 0 Å². The molecule has 68 valence electrons. The largest absolute Gasteiger partial charge is 0.465 e. The summed E-state index contributed by atoms with van der Waals surface area (Å²) in [6.07, 6.45) is 1.69. The van der Waals surface area contributed by atoms with Gasteiger partial charge in [0.1, 0.15) is 0 Å². The Bertz CT molecular complexity index is 292. The predicted octanol–water partition coefficient (Wildman–Crippen LogP) is 1.79. The van der Waals surface area contributed by atoms with Crippen LogP contribution in [0, 0.1) is 5.92 Å². The molecular weight excluding hydrogens is 164 g/mol. The third-order valence-corrected chi connectivity index (χ3v) is 2.37. The van der Waals surface area contributed by atoms with Gasteiger partial charge in [0.25, 0.3) is 0 Å². The zero-order valence-electron chi connectivity index (χ0n) is 7.40. The summed E-state index contributed by atoms with van der Waals surface area (Å²) in [5, 5.41) is 0. The van der Waals surface area contributed by atoms with Gasteiger partial charge in [-0.3, -0.25) is 4.79 Å². The number of benzene rings is 1. The van der Waals surface area contributed by atoms with E-state index < -0.39 is 0 Å². The molecule has 1 aliphatic heterocycles. The van der Waals surface area contributed by atoms with E-state index in [2.05, 4.69) is 0 Å². The van der Waals surface area contributed by atoms with Crippen molar-refractivity contribution in [3.05, 3.63) is 35.9 Å². The lowest BCUT2D eigenvalue weighted by atomic mass is 9.98. The lowest BCUT2D eigenvalue weighted by Gasteiger charge is -2.04. The van der Waals surface area contributed by atoms with Crippen LogP contribution in [0.25, 0.3) is 0 Å². The third kappa shape index (κ3) is 1.89. The molecule has 13 heavy (non-hydrogen) atoms. The van der Waals surface area contributed by atoms with Crippen LogP contribution in [-0.2, 0) is 16.0 Å². The summed E-state index contributed by atoms with van der Waals surface area (Å²) in [5.74, 6) is 0.0475. The Hall–Kier alpha value is -1.31. The molecule has 0 radical (unpaired) electrons. The Kier molecular flexibility index (Phi) is 2.30. The van der Waals surface area contributed by atoms with E-state index in [1.807, 2.05) is 30.3 Å². The highest BCUT2D eigenvalue weighted by Crippen LogP contribution is 2.19. The Labute approximate surface area is 77.5 Å². The summed E-state index contributed by atoms with van der Waals surface area (Å²) in [7, 11) is 0. The molecule has 1 aromatic rings. The average molecular weight is 176 g/mol. The van der Waals surface area contributed by atoms with Gasteiger partial charge in [0.2, 0.25) is 0 Å². The first-order valence-electron chi connectivity index (χ1n) is 4.57. The van der Waals surface area contributed by atoms with E-state index in [4.69, 9.17) is 4.74 Å². The van der Waals surface area contributed by atoms with E-state index in [1.165, 1.54) is 5.56 Å². The van der Waals surface area contributed by atoms with Gasteiger partial charge >= 0.3 is 5.97 Å². The summed E-state index contributed by atoms with van der Waals surface area (Å²) < 4.78 is 4.90. The van der Waals surface area contributed by atoms with Crippen molar-refractivity contribution in [3.63, 3.8) is 0 Å². The van der Waals surface area contributed by atoms with E-state index in [1.54, 1.807) is 0 Å². The summed E-state index contributed by atoms with van der Waals surface area (Å²) in [6, 6.07) is 10.1. The first-order chi connectivity index (χ1) is 6.36. The zero-order chi connectivity index (χ0) is 9.10. The molecule has 0 aliphatic carbocycles. The fraction of sp³-hybridized carbons (Fsp3) is 0.364. The molecule has 1 aromatic carbocycles. The summed E-state index contributed by atoms with van der Waals surface area (Å²) in [6.45, 7) is 0.594. The number of ether oxygens (including phenoxy) is 1. The SMILES string of the molecule is O=C1OCCC1Cc1ccccc1. The van der Waals surface area contributed by atoms with E-state index in [9.17, 15) is 4.79 Å². The Balaban J connectivity index is 2.02. The van der Waals surface area contributed by atoms with Crippen LogP contribution in [-0.4, -0.2) is 12.6 Å². The molecule has 2 nitrogen and oxygen atoms in total. The van der Waals surface area contributed by atoms with Crippen LogP contribution in [0.2, 0.25) is 0 Å². The molecule has 1 fully saturated rings. The maximum Gasteiger partial charge on any atom is 0.309 e. The van der Waals surface area contributed by atoms with Gasteiger partial charge in [-0.25, -0.2) is 0 Å². The molecule has 1 aliphatic rings. The van der Waals surface area contributed by atoms with Crippen LogP contribution in [0.4, 0.5) is 0 Å². The summed E-state index contributed by atoms with van der Waals surface area (Å²) >= 11 is 0. The van der Waals surface area contributed by atoms with Gasteiger partial charge in [-0.1, -0.05) is 30.3 Å². The normalized spacial score (nSPS) is 21.5. The van der Waals surface area contributed by atoms with Crippen LogP contribution in [0.5, 0.6) is 0 Å². The second kappa shape index (κ2) is 3.60. The van der Waals surface area contributed by atoms with Crippen LogP contribution in [0.1, 0.15) is 12.0 Å². The number of cyclic esters (lactones) is 1. The van der Waals surface area contributed by atoms with Crippen LogP contribution in [0.15, 0.2) is 30.3 Å². The van der Waals surface area contributed by atoms with Crippen molar-refractivity contribution < 1.29 is 9.53 Å². The predicted molar refractivity (Wildman–Crippen MR) is 49.2 cm³/mol. The topological polar surface area (TPSA) is 26.3 Å². The number of esters is 1. The average Bonchev–Trinajstić information content (AvgIpc) is 2.54. The van der Waals surface area contributed by atoms with Crippen molar-refractivity contribution in [3.8, 4) is 0 Å². The van der Waals surface area contributed by atoms with Crippen molar-refractivity contribution >= 4 is 5.97 Å². The first-order valence-corrected chi connectivity index (χ1v) is 4.57. The molecule has 2 heteroatoms. The van der Waals surface area contributed by atoms with Crippen LogP contribution in [0.3, 0.4) is 0 Å². The molecule has 0 bridgehead atoms. The molecule has 0 aromatic heterocycles. The van der Waals surface area contributed by atoms with Crippen molar-refractivity contribution in [1.29, 1.82) is 0 Å². The highest BCUT2D eigenvalue weighted by atomic mass is 16.5. The van der Waals surface area contributed by atoms with Crippen molar-refractivity contribution in [2.45, 2.75) is 12.8 Å². The fourth-order valence-electron chi connectivity index (χ4n) is 1.62. The highest BCUT2D eigenvalue weighted by Gasteiger charge is 2.26. The molecular formula is C11H12O2. The van der Waals surface area contributed by atoms with Gasteiger partial charge in [-0.15, -0.1) is 0 Å². The number of carbonyl (C=O) groups is 1. The van der Waals surface area contributed by atoms with Gasteiger partial charge in [0, 0.05) is 0 Å². The quantitative estimate of drug-likeness (QED) is 0.642. The molecule has 1 unspecified atom stereocenters. The zero-order valence-corrected chi connectivity index (χ0v) is 7.40. The summed E-state index contributed by atoms with van der Waals surface area (Å²) in [5.41, 5.74) is 1.21. The van der Waals surface area contributed by atoms with Gasteiger partial charge in [-0.2, -0.15) is 0 Å². The van der Waals surface area contributed by atoms with Gasteiger partial charge in [0.05, 0.1) is 12.5 Å². The Morgan fingerprint density at radius 2 is 2.08 bits per heavy atom. The van der Waals surface area contributed by atoms with Crippen molar-refractivity contribution in [2.24, 2.45) is 5.92 Å². The highest BCUT2D eigenvalue weighted by molar-refractivity contribution is 5.74. The van der Waals surface area contributed by atoms with Gasteiger partial charge in [-0.05, 0) is 18.4 Å². The van der Waals surface area contributed by atoms with E-state index in [0.717, 1.165) is 12.8 Å². The number of rotatable bonds is 2. The second-order valence-electron chi connectivity index (χ2n) is 3.34. The first kappa shape index (κ1) is 8.30. The van der Waals surface area contributed by atoms with Crippen molar-refractivity contribution in [1.82, 2.24) is 0 Å². The molecule has 0 spiro atoms. The molecule has 0 N–H and O–H groups in total. The van der Waals surface area contributed by atoms with Gasteiger partial charge < -0.3 is 4.74 Å². The van der Waals surface area contributed by atoms with E-state index in [0.29, 0.717) is 6.61 Å². The minimum Gasteiger partial charge on any atom is -0.465 e. The number of hydrogen-bond acceptors (Lipinski definition) is 2. The molecule has 1 saturated heterocycles. The Morgan fingerprint density at radius 3 is 2.69 bits per heavy atom. The van der Waals surface area contributed by atoms with E-state index >= 15 is 0 Å². The van der Waals surface area contributed by atoms with Gasteiger partial charge in [0.15, 0.2) is 0 Å². The lowest BCUT2D eigenvalue weighted by Crippen LogP contribution is -2.10. The third-order valence-electron chi connectivity index (χ3n) is 2.37. The lowest BCUT2D eigenvalue weighted by molar-refractivity contribution is -0.141.